The van der Waals surface area contributed by atoms with Gasteiger partial charge in [-0.05, 0) is 17.5 Å². The molecule has 0 bridgehead atoms. The SMILES string of the molecule is CC(C)c1ccnc2c1COC2. The zero-order chi connectivity index (χ0) is 8.55. The number of hydrogen-bond acceptors (Lipinski definition) is 2. The van der Waals surface area contributed by atoms with Crippen molar-refractivity contribution in [2.45, 2.75) is 33.0 Å². The molecule has 0 N–H and O–H groups in total. The van der Waals surface area contributed by atoms with Crippen LogP contribution in [0.4, 0.5) is 0 Å². The van der Waals surface area contributed by atoms with E-state index in [1.54, 1.807) is 0 Å². The fourth-order valence-electron chi connectivity index (χ4n) is 1.63. The highest BCUT2D eigenvalue weighted by atomic mass is 16.5. The minimum atomic E-state index is 0.573. The fraction of sp³-hybridized carbons (Fsp3) is 0.500. The summed E-state index contributed by atoms with van der Waals surface area (Å²) in [5.41, 5.74) is 3.83. The van der Waals surface area contributed by atoms with Gasteiger partial charge in [0.1, 0.15) is 0 Å². The summed E-state index contributed by atoms with van der Waals surface area (Å²) in [7, 11) is 0. The van der Waals surface area contributed by atoms with Crippen molar-refractivity contribution >= 4 is 0 Å². The summed E-state index contributed by atoms with van der Waals surface area (Å²) in [6.45, 7) is 5.84. The lowest BCUT2D eigenvalue weighted by atomic mass is 9.98. The van der Waals surface area contributed by atoms with Gasteiger partial charge in [0, 0.05) is 11.8 Å². The molecule has 0 saturated heterocycles. The van der Waals surface area contributed by atoms with Crippen molar-refractivity contribution in [1.29, 1.82) is 0 Å². The van der Waals surface area contributed by atoms with Crippen LogP contribution in [0, 0.1) is 0 Å². The third-order valence-electron chi connectivity index (χ3n) is 2.29. The molecule has 64 valence electrons. The molecule has 0 aromatic carbocycles. The lowest BCUT2D eigenvalue weighted by molar-refractivity contribution is 0.133. The Bertz CT molecular complexity index is 294. The van der Waals surface area contributed by atoms with Gasteiger partial charge >= 0.3 is 0 Å². The molecule has 0 unspecified atom stereocenters. The quantitative estimate of drug-likeness (QED) is 0.633. The van der Waals surface area contributed by atoms with Gasteiger partial charge in [0.25, 0.3) is 0 Å². The van der Waals surface area contributed by atoms with Crippen LogP contribution in [-0.4, -0.2) is 4.98 Å². The highest BCUT2D eigenvalue weighted by Gasteiger charge is 2.17. The Morgan fingerprint density at radius 1 is 1.42 bits per heavy atom. The first-order valence-electron chi connectivity index (χ1n) is 4.33. The van der Waals surface area contributed by atoms with Crippen molar-refractivity contribution in [3.05, 3.63) is 29.1 Å². The lowest BCUT2D eigenvalue weighted by Crippen LogP contribution is -1.97. The summed E-state index contributed by atoms with van der Waals surface area (Å²) in [6, 6.07) is 2.10. The fourth-order valence-corrected chi connectivity index (χ4v) is 1.63. The van der Waals surface area contributed by atoms with Crippen LogP contribution in [0.15, 0.2) is 12.3 Å². The van der Waals surface area contributed by atoms with E-state index in [1.165, 1.54) is 11.1 Å². The first kappa shape index (κ1) is 7.74. The molecule has 1 aromatic heterocycles. The summed E-state index contributed by atoms with van der Waals surface area (Å²) in [5, 5.41) is 0. The van der Waals surface area contributed by atoms with E-state index in [9.17, 15) is 0 Å². The van der Waals surface area contributed by atoms with E-state index in [0.717, 1.165) is 12.3 Å². The van der Waals surface area contributed by atoms with Crippen molar-refractivity contribution in [2.24, 2.45) is 0 Å². The molecule has 0 atom stereocenters. The first-order chi connectivity index (χ1) is 5.79. The van der Waals surface area contributed by atoms with E-state index in [-0.39, 0.29) is 0 Å². The summed E-state index contributed by atoms with van der Waals surface area (Å²) in [4.78, 5) is 4.28. The normalized spacial score (nSPS) is 15.2. The number of pyridine rings is 1. The number of nitrogens with zero attached hydrogens (tertiary/aromatic N) is 1. The molecule has 0 fully saturated rings. The van der Waals surface area contributed by atoms with Gasteiger partial charge in [-0.3, -0.25) is 4.98 Å². The second-order valence-corrected chi connectivity index (χ2v) is 3.47. The number of fused-ring (bicyclic) bond motifs is 1. The summed E-state index contributed by atoms with van der Waals surface area (Å²) >= 11 is 0. The minimum Gasteiger partial charge on any atom is -0.370 e. The Morgan fingerprint density at radius 2 is 2.25 bits per heavy atom. The van der Waals surface area contributed by atoms with Crippen molar-refractivity contribution in [2.75, 3.05) is 0 Å². The standard InChI is InChI=1S/C10H13NO/c1-7(2)8-3-4-11-10-6-12-5-9(8)10/h3-4,7H,5-6H2,1-2H3. The Balaban J connectivity index is 2.49. The van der Waals surface area contributed by atoms with E-state index >= 15 is 0 Å². The molecule has 0 saturated carbocycles. The smallest absolute Gasteiger partial charge is 0.0896 e. The van der Waals surface area contributed by atoms with Gasteiger partial charge in [0.05, 0.1) is 18.9 Å². The molecule has 0 spiro atoms. The van der Waals surface area contributed by atoms with Crippen LogP contribution in [-0.2, 0) is 18.0 Å². The second-order valence-electron chi connectivity index (χ2n) is 3.47. The molecule has 12 heavy (non-hydrogen) atoms. The van der Waals surface area contributed by atoms with Gasteiger partial charge in [0.15, 0.2) is 0 Å². The topological polar surface area (TPSA) is 22.1 Å². The molecule has 2 nitrogen and oxygen atoms in total. The van der Waals surface area contributed by atoms with Gasteiger partial charge in [0.2, 0.25) is 0 Å². The summed E-state index contributed by atoms with van der Waals surface area (Å²) < 4.78 is 5.34. The minimum absolute atomic E-state index is 0.573. The second kappa shape index (κ2) is 2.87. The molecule has 1 aromatic rings. The van der Waals surface area contributed by atoms with Crippen LogP contribution < -0.4 is 0 Å². The highest BCUT2D eigenvalue weighted by Crippen LogP contribution is 2.26. The Kier molecular flexibility index (Phi) is 1.85. The number of aromatic nitrogens is 1. The van der Waals surface area contributed by atoms with Crippen molar-refractivity contribution < 1.29 is 4.74 Å². The maximum Gasteiger partial charge on any atom is 0.0896 e. The highest BCUT2D eigenvalue weighted by molar-refractivity contribution is 5.33. The van der Waals surface area contributed by atoms with E-state index in [4.69, 9.17) is 4.74 Å². The molecule has 2 heterocycles. The summed E-state index contributed by atoms with van der Waals surface area (Å²) in [5.74, 6) is 0.573. The van der Waals surface area contributed by atoms with Crippen LogP contribution in [0.1, 0.15) is 36.6 Å². The zero-order valence-corrected chi connectivity index (χ0v) is 7.50. The van der Waals surface area contributed by atoms with Gasteiger partial charge in [-0.2, -0.15) is 0 Å². The van der Waals surface area contributed by atoms with Gasteiger partial charge in [-0.1, -0.05) is 13.8 Å². The van der Waals surface area contributed by atoms with E-state index < -0.39 is 0 Å². The van der Waals surface area contributed by atoms with Crippen molar-refractivity contribution in [3.63, 3.8) is 0 Å². The Hall–Kier alpha value is -0.890. The maximum absolute atomic E-state index is 5.34. The average Bonchev–Trinajstić information content (AvgIpc) is 2.49. The molecule has 1 aliphatic heterocycles. The van der Waals surface area contributed by atoms with E-state index in [0.29, 0.717) is 12.5 Å². The first-order valence-corrected chi connectivity index (χ1v) is 4.33. The summed E-state index contributed by atoms with van der Waals surface area (Å²) in [6.07, 6.45) is 1.88. The third-order valence-corrected chi connectivity index (χ3v) is 2.29. The number of rotatable bonds is 1. The van der Waals surface area contributed by atoms with Gasteiger partial charge in [-0.15, -0.1) is 0 Å². The molecule has 0 aliphatic carbocycles. The monoisotopic (exact) mass is 163 g/mol. The number of ether oxygens (including phenoxy) is 1. The van der Waals surface area contributed by atoms with Crippen molar-refractivity contribution in [1.82, 2.24) is 4.98 Å². The molecular formula is C10H13NO. The van der Waals surface area contributed by atoms with E-state index in [1.807, 2.05) is 6.20 Å². The average molecular weight is 163 g/mol. The van der Waals surface area contributed by atoms with Gasteiger partial charge < -0.3 is 4.74 Å². The molecule has 0 radical (unpaired) electrons. The maximum atomic E-state index is 5.34. The predicted octanol–water partition coefficient (Wildman–Crippen LogP) is 2.24. The molecule has 2 heteroatoms. The largest absolute Gasteiger partial charge is 0.370 e. The number of hydrogen-bond donors (Lipinski definition) is 0. The van der Waals surface area contributed by atoms with Crippen molar-refractivity contribution in [3.8, 4) is 0 Å². The molecule has 1 aliphatic rings. The Morgan fingerprint density at radius 3 is 3.00 bits per heavy atom. The molecular weight excluding hydrogens is 150 g/mol. The van der Waals surface area contributed by atoms with Crippen LogP contribution in [0.25, 0.3) is 0 Å². The third kappa shape index (κ3) is 1.12. The van der Waals surface area contributed by atoms with E-state index in [2.05, 4.69) is 24.9 Å². The molecule has 2 rings (SSSR count). The van der Waals surface area contributed by atoms with Crippen LogP contribution >= 0.6 is 0 Å². The van der Waals surface area contributed by atoms with Crippen LogP contribution in [0.3, 0.4) is 0 Å². The predicted molar refractivity (Wildman–Crippen MR) is 46.8 cm³/mol. The Labute approximate surface area is 72.6 Å². The van der Waals surface area contributed by atoms with Crippen LogP contribution in [0.5, 0.6) is 0 Å². The van der Waals surface area contributed by atoms with Gasteiger partial charge in [-0.25, -0.2) is 0 Å². The zero-order valence-electron chi connectivity index (χ0n) is 7.50. The molecule has 0 amide bonds. The lowest BCUT2D eigenvalue weighted by Gasteiger charge is -2.08. The van der Waals surface area contributed by atoms with Crippen LogP contribution in [0.2, 0.25) is 0 Å².